The van der Waals surface area contributed by atoms with Gasteiger partial charge in [-0.1, -0.05) is 31.9 Å². The maximum atomic E-state index is 9.23. The molecule has 0 bridgehead atoms. The summed E-state index contributed by atoms with van der Waals surface area (Å²) in [5.74, 6) is 1.50. The van der Waals surface area contributed by atoms with Crippen molar-refractivity contribution >= 4 is 11.6 Å². The van der Waals surface area contributed by atoms with Crippen LogP contribution in [0, 0.1) is 23.7 Å². The van der Waals surface area contributed by atoms with E-state index in [2.05, 4.69) is 59.7 Å². The number of likely N-dealkylation sites (tertiary alicyclic amines) is 2. The van der Waals surface area contributed by atoms with Gasteiger partial charge < -0.3 is 14.5 Å². The predicted octanol–water partition coefficient (Wildman–Crippen LogP) is 4.84. The first-order valence-electron chi connectivity index (χ1n) is 11.7. The predicted molar refractivity (Wildman–Crippen MR) is 130 cm³/mol. The van der Waals surface area contributed by atoms with Crippen LogP contribution in [0.1, 0.15) is 47.9 Å². The molecular formula is C27H34N4O. The summed E-state index contributed by atoms with van der Waals surface area (Å²) in [6.07, 6.45) is 7.42. The molecule has 0 atom stereocenters. The summed E-state index contributed by atoms with van der Waals surface area (Å²) < 4.78 is 5.63. The lowest BCUT2D eigenvalue weighted by Gasteiger charge is -2.47. The second kappa shape index (κ2) is 9.34. The smallest absolute Gasteiger partial charge is 0.145 e. The standard InChI is InChI=1S/C27H34N4O/c1-5-29-26(20(2)18-28)31-16-11-27(12-17-31)9-14-30(15-10-27)13-8-23-6-7-24-22(4)32-19-25(24)21(23)3/h5-7H,1-2,4,8-17,19H2,3H3. The highest BCUT2D eigenvalue weighted by Crippen LogP contribution is 2.41. The summed E-state index contributed by atoms with van der Waals surface area (Å²) in [6, 6.07) is 6.57. The van der Waals surface area contributed by atoms with Crippen molar-refractivity contribution in [2.75, 3.05) is 32.7 Å². The molecule has 1 aromatic rings. The van der Waals surface area contributed by atoms with Crippen LogP contribution in [0.2, 0.25) is 0 Å². The average Bonchev–Trinajstić information content (AvgIpc) is 3.20. The van der Waals surface area contributed by atoms with Crippen molar-refractivity contribution in [3.63, 3.8) is 0 Å². The topological polar surface area (TPSA) is 51.9 Å². The van der Waals surface area contributed by atoms with E-state index in [9.17, 15) is 5.26 Å². The van der Waals surface area contributed by atoms with Crippen molar-refractivity contribution in [3.8, 4) is 6.07 Å². The molecule has 5 heteroatoms. The van der Waals surface area contributed by atoms with Gasteiger partial charge in [-0.05, 0) is 68.7 Å². The molecule has 0 unspecified atom stereocenters. The molecule has 0 saturated carbocycles. The van der Waals surface area contributed by atoms with Crippen LogP contribution in [0.4, 0.5) is 0 Å². The molecule has 2 fully saturated rings. The van der Waals surface area contributed by atoms with Crippen molar-refractivity contribution in [1.29, 1.82) is 5.26 Å². The minimum atomic E-state index is 0.424. The van der Waals surface area contributed by atoms with Gasteiger partial charge in [-0.3, -0.25) is 0 Å². The average molecular weight is 431 g/mol. The highest BCUT2D eigenvalue weighted by Gasteiger charge is 2.38. The number of hydrogen-bond donors (Lipinski definition) is 0. The summed E-state index contributed by atoms with van der Waals surface area (Å²) in [5.41, 5.74) is 6.16. The van der Waals surface area contributed by atoms with E-state index in [-0.39, 0.29) is 0 Å². The summed E-state index contributed by atoms with van der Waals surface area (Å²) >= 11 is 0. The summed E-state index contributed by atoms with van der Waals surface area (Å²) in [7, 11) is 0. The van der Waals surface area contributed by atoms with Gasteiger partial charge in [0, 0.05) is 37.0 Å². The first-order valence-corrected chi connectivity index (χ1v) is 11.7. The Kier molecular flexibility index (Phi) is 6.53. The zero-order chi connectivity index (χ0) is 22.7. The number of rotatable bonds is 5. The Balaban J connectivity index is 1.29. The minimum Gasteiger partial charge on any atom is -0.489 e. The molecule has 2 saturated heterocycles. The number of hydrogen-bond acceptors (Lipinski definition) is 4. The van der Waals surface area contributed by atoms with Gasteiger partial charge in [0.1, 0.15) is 24.3 Å². The minimum absolute atomic E-state index is 0.424. The van der Waals surface area contributed by atoms with Crippen molar-refractivity contribution < 1.29 is 4.74 Å². The Morgan fingerprint density at radius 3 is 2.56 bits per heavy atom. The largest absolute Gasteiger partial charge is 0.489 e. The first kappa shape index (κ1) is 22.4. The highest BCUT2D eigenvalue weighted by atomic mass is 16.5. The molecule has 1 spiro atoms. The number of benzene rings is 1. The molecule has 3 aliphatic rings. The van der Waals surface area contributed by atoms with Crippen LogP contribution in [-0.4, -0.2) is 48.4 Å². The summed E-state index contributed by atoms with van der Waals surface area (Å²) in [6.45, 7) is 19.8. The third-order valence-corrected chi connectivity index (χ3v) is 7.76. The number of amidine groups is 1. The Bertz CT molecular complexity index is 982. The van der Waals surface area contributed by atoms with Crippen molar-refractivity contribution in [3.05, 3.63) is 65.9 Å². The molecule has 0 N–H and O–H groups in total. The molecule has 5 nitrogen and oxygen atoms in total. The van der Waals surface area contributed by atoms with E-state index < -0.39 is 0 Å². The van der Waals surface area contributed by atoms with Crippen molar-refractivity contribution in [1.82, 2.24) is 9.80 Å². The Labute approximate surface area is 192 Å². The van der Waals surface area contributed by atoms with Gasteiger partial charge >= 0.3 is 0 Å². The Morgan fingerprint density at radius 2 is 1.91 bits per heavy atom. The molecule has 168 valence electrons. The van der Waals surface area contributed by atoms with E-state index in [0.717, 1.165) is 44.7 Å². The highest BCUT2D eigenvalue weighted by molar-refractivity contribution is 6.01. The van der Waals surface area contributed by atoms with Gasteiger partial charge in [0.15, 0.2) is 0 Å². The second-order valence-corrected chi connectivity index (χ2v) is 9.39. The maximum Gasteiger partial charge on any atom is 0.145 e. The third kappa shape index (κ3) is 4.38. The zero-order valence-electron chi connectivity index (χ0n) is 19.3. The number of piperidine rings is 2. The summed E-state index contributed by atoms with van der Waals surface area (Å²) in [4.78, 5) is 9.15. The van der Waals surface area contributed by atoms with Crippen LogP contribution in [0.5, 0.6) is 0 Å². The van der Waals surface area contributed by atoms with Crippen molar-refractivity contribution in [2.45, 2.75) is 45.6 Å². The van der Waals surface area contributed by atoms with Crippen LogP contribution in [0.3, 0.4) is 0 Å². The molecule has 0 aromatic heterocycles. The number of nitrogens with zero attached hydrogens (tertiary/aromatic N) is 4. The van der Waals surface area contributed by atoms with E-state index in [1.54, 1.807) is 0 Å². The van der Waals surface area contributed by atoms with E-state index in [0.29, 0.717) is 23.4 Å². The molecule has 32 heavy (non-hydrogen) atoms. The van der Waals surface area contributed by atoms with Gasteiger partial charge in [0.25, 0.3) is 0 Å². The number of fused-ring (bicyclic) bond motifs is 1. The molecule has 0 radical (unpaired) electrons. The fourth-order valence-corrected chi connectivity index (χ4v) is 5.47. The van der Waals surface area contributed by atoms with E-state index in [1.165, 1.54) is 54.4 Å². The second-order valence-electron chi connectivity index (χ2n) is 9.39. The molecule has 0 aliphatic carbocycles. The number of aliphatic imine (C=N–C) groups is 1. The quantitative estimate of drug-likeness (QED) is 0.381. The fourth-order valence-electron chi connectivity index (χ4n) is 5.47. The lowest BCUT2D eigenvalue weighted by molar-refractivity contribution is 0.0539. The van der Waals surface area contributed by atoms with Gasteiger partial charge in [-0.25, -0.2) is 4.99 Å². The van der Waals surface area contributed by atoms with Gasteiger partial charge in [0.2, 0.25) is 0 Å². The molecule has 3 heterocycles. The van der Waals surface area contributed by atoms with Crippen LogP contribution in [0.15, 0.2) is 48.6 Å². The van der Waals surface area contributed by atoms with Crippen molar-refractivity contribution in [2.24, 2.45) is 10.4 Å². The van der Waals surface area contributed by atoms with Gasteiger partial charge in [0.05, 0.1) is 5.57 Å². The van der Waals surface area contributed by atoms with Gasteiger partial charge in [-0.2, -0.15) is 5.26 Å². The number of nitriles is 1. The zero-order valence-corrected chi connectivity index (χ0v) is 19.3. The first-order chi connectivity index (χ1) is 15.5. The van der Waals surface area contributed by atoms with Crippen LogP contribution in [0.25, 0.3) is 5.76 Å². The molecule has 0 amide bonds. The Morgan fingerprint density at radius 1 is 1.22 bits per heavy atom. The molecule has 3 aliphatic heterocycles. The normalized spacial score (nSPS) is 20.6. The van der Waals surface area contributed by atoms with Gasteiger partial charge in [-0.15, -0.1) is 0 Å². The molecule has 4 rings (SSSR count). The van der Waals surface area contributed by atoms with Crippen LogP contribution in [-0.2, 0) is 17.8 Å². The fraction of sp³-hybridized carbons (Fsp3) is 0.481. The summed E-state index contributed by atoms with van der Waals surface area (Å²) in [5, 5.41) is 9.23. The molecule has 1 aromatic carbocycles. The Hall–Kier alpha value is -2.84. The van der Waals surface area contributed by atoms with E-state index >= 15 is 0 Å². The van der Waals surface area contributed by atoms with E-state index in [4.69, 9.17) is 4.74 Å². The molecular weight excluding hydrogens is 396 g/mol. The number of ether oxygens (including phenoxy) is 1. The maximum absolute atomic E-state index is 9.23. The SMILES string of the molecule is C=CN=C(C(=C)C#N)N1CCC2(CCN(CCc3ccc4c(c3C)COC4=C)CC2)CC1. The van der Waals surface area contributed by atoms with Crippen LogP contribution < -0.4 is 0 Å². The monoisotopic (exact) mass is 430 g/mol. The van der Waals surface area contributed by atoms with Crippen LogP contribution >= 0.6 is 0 Å². The lowest BCUT2D eigenvalue weighted by atomic mass is 9.71. The third-order valence-electron chi connectivity index (χ3n) is 7.76. The van der Waals surface area contributed by atoms with E-state index in [1.807, 2.05) is 0 Å². The lowest BCUT2D eigenvalue weighted by Crippen LogP contribution is -2.48.